The first-order valence-electron chi connectivity index (χ1n) is 7.79. The van der Waals surface area contributed by atoms with Gasteiger partial charge in [-0.2, -0.15) is 4.57 Å². The summed E-state index contributed by atoms with van der Waals surface area (Å²) in [6.45, 7) is 6.95. The lowest BCUT2D eigenvalue weighted by molar-refractivity contribution is -0.684. The molecule has 3 heterocycles. The summed E-state index contributed by atoms with van der Waals surface area (Å²) in [6, 6.07) is 6.74. The summed E-state index contributed by atoms with van der Waals surface area (Å²) in [5.74, 6) is 1.27. The van der Waals surface area contributed by atoms with Gasteiger partial charge in [-0.05, 0) is 45.4 Å². The maximum atomic E-state index is 2.33. The molecule has 114 valence electrons. The van der Waals surface area contributed by atoms with Crippen LogP contribution in [0.3, 0.4) is 0 Å². The summed E-state index contributed by atoms with van der Waals surface area (Å²) in [7, 11) is 8.60. The number of aromatic nitrogens is 2. The van der Waals surface area contributed by atoms with Crippen LogP contribution in [-0.2, 0) is 14.1 Å². The van der Waals surface area contributed by atoms with Crippen molar-refractivity contribution < 1.29 is 9.13 Å². The largest absolute Gasteiger partial charge is 0.492 e. The maximum Gasteiger partial charge on any atom is 0.492 e. The van der Waals surface area contributed by atoms with Crippen molar-refractivity contribution >= 4 is 18.5 Å². The summed E-state index contributed by atoms with van der Waals surface area (Å²) in [5, 5.41) is 0. The summed E-state index contributed by atoms with van der Waals surface area (Å²) < 4.78 is 4.52. The zero-order valence-corrected chi connectivity index (χ0v) is 14.7. The predicted octanol–water partition coefficient (Wildman–Crippen LogP) is 1.62. The SMILES string of the molecule is CB1N(C)c2ccc(-c3cc(C)c(C)c[n+]3C)[n+](C)c2N1C. The van der Waals surface area contributed by atoms with Crippen LogP contribution in [-0.4, -0.2) is 21.1 Å². The highest BCUT2D eigenvalue weighted by atomic mass is 15.3. The van der Waals surface area contributed by atoms with Crippen LogP contribution in [0.25, 0.3) is 11.4 Å². The van der Waals surface area contributed by atoms with E-state index in [1.54, 1.807) is 0 Å². The zero-order valence-electron chi connectivity index (χ0n) is 14.7. The van der Waals surface area contributed by atoms with Crippen molar-refractivity contribution in [2.45, 2.75) is 20.7 Å². The topological polar surface area (TPSA) is 14.2 Å². The smallest absolute Gasteiger partial charge is 0.371 e. The lowest BCUT2D eigenvalue weighted by atomic mass is 9.78. The number of pyridine rings is 2. The van der Waals surface area contributed by atoms with E-state index in [1.165, 1.54) is 34.0 Å². The van der Waals surface area contributed by atoms with Gasteiger partial charge in [-0.15, -0.1) is 0 Å². The maximum absolute atomic E-state index is 2.33. The Bertz CT molecular complexity index is 757. The van der Waals surface area contributed by atoms with Crippen molar-refractivity contribution in [3.8, 4) is 11.4 Å². The van der Waals surface area contributed by atoms with Gasteiger partial charge in [0, 0.05) is 11.6 Å². The van der Waals surface area contributed by atoms with Crippen molar-refractivity contribution in [3.63, 3.8) is 0 Å². The van der Waals surface area contributed by atoms with Gasteiger partial charge in [0.25, 0.3) is 11.5 Å². The first-order valence-corrected chi connectivity index (χ1v) is 7.79. The summed E-state index contributed by atoms with van der Waals surface area (Å²) >= 11 is 0. The molecule has 0 bridgehead atoms. The van der Waals surface area contributed by atoms with Crippen LogP contribution < -0.4 is 18.8 Å². The molecule has 0 aromatic carbocycles. The van der Waals surface area contributed by atoms with Crippen LogP contribution >= 0.6 is 0 Å². The van der Waals surface area contributed by atoms with E-state index in [-0.39, 0.29) is 0 Å². The van der Waals surface area contributed by atoms with Gasteiger partial charge in [0.1, 0.15) is 12.7 Å². The van der Waals surface area contributed by atoms with Crippen molar-refractivity contribution in [1.82, 2.24) is 0 Å². The van der Waals surface area contributed by atoms with Crippen molar-refractivity contribution in [2.24, 2.45) is 14.1 Å². The third kappa shape index (κ3) is 1.99. The van der Waals surface area contributed by atoms with E-state index in [0.29, 0.717) is 6.98 Å². The first kappa shape index (κ1) is 14.9. The summed E-state index contributed by atoms with van der Waals surface area (Å²) in [6.07, 6.45) is 2.20. The minimum Gasteiger partial charge on any atom is -0.371 e. The molecule has 22 heavy (non-hydrogen) atoms. The molecule has 0 amide bonds. The molecule has 1 aliphatic heterocycles. The molecule has 0 N–H and O–H groups in total. The Morgan fingerprint density at radius 2 is 1.64 bits per heavy atom. The van der Waals surface area contributed by atoms with E-state index in [1.807, 2.05) is 0 Å². The Morgan fingerprint density at radius 3 is 2.32 bits per heavy atom. The van der Waals surface area contributed by atoms with E-state index in [4.69, 9.17) is 0 Å². The highest BCUT2D eigenvalue weighted by Crippen LogP contribution is 2.34. The molecule has 0 atom stereocenters. The van der Waals surface area contributed by atoms with Gasteiger partial charge in [0.05, 0.1) is 14.1 Å². The molecule has 5 heteroatoms. The number of hydrogen-bond acceptors (Lipinski definition) is 2. The van der Waals surface area contributed by atoms with Gasteiger partial charge in [0.15, 0.2) is 11.9 Å². The standard InChI is InChI=1S/C17H25BN4/c1-12-10-16(19(4)11-13(12)2)14-8-9-15-17(20(14)5)22(7)18(3)21(15)6/h8-11H,1-7H3/q+2. The zero-order chi connectivity index (χ0) is 16.2. The minimum absolute atomic E-state index is 0.380. The van der Waals surface area contributed by atoms with Crippen LogP contribution in [0.1, 0.15) is 11.1 Å². The lowest BCUT2D eigenvalue weighted by Gasteiger charge is -2.12. The highest BCUT2D eigenvalue weighted by Gasteiger charge is 2.42. The average molecular weight is 296 g/mol. The molecule has 0 radical (unpaired) electrons. The van der Waals surface area contributed by atoms with Gasteiger partial charge < -0.3 is 9.62 Å². The molecule has 0 unspecified atom stereocenters. The molecular weight excluding hydrogens is 271 g/mol. The van der Waals surface area contributed by atoms with Gasteiger partial charge in [-0.3, -0.25) is 0 Å². The van der Waals surface area contributed by atoms with Gasteiger partial charge in [-0.25, -0.2) is 4.57 Å². The fourth-order valence-electron chi connectivity index (χ4n) is 3.36. The third-order valence-electron chi connectivity index (χ3n) is 5.15. The van der Waals surface area contributed by atoms with Gasteiger partial charge >= 0.3 is 6.98 Å². The Kier molecular flexibility index (Phi) is 3.39. The number of nitrogens with zero attached hydrogens (tertiary/aromatic N) is 4. The van der Waals surface area contributed by atoms with E-state index < -0.39 is 0 Å². The predicted molar refractivity (Wildman–Crippen MR) is 92.1 cm³/mol. The Morgan fingerprint density at radius 1 is 0.955 bits per heavy atom. The van der Waals surface area contributed by atoms with Crippen molar-refractivity contribution in [1.29, 1.82) is 0 Å². The summed E-state index contributed by atoms with van der Waals surface area (Å²) in [4.78, 5) is 4.65. The quantitative estimate of drug-likeness (QED) is 0.586. The van der Waals surface area contributed by atoms with Crippen LogP contribution in [0.15, 0.2) is 24.4 Å². The molecule has 0 aliphatic carbocycles. The molecule has 2 aromatic heterocycles. The number of aryl methyl sites for hydroxylation is 3. The first-order chi connectivity index (χ1) is 10.3. The van der Waals surface area contributed by atoms with Gasteiger partial charge in [0.2, 0.25) is 0 Å². The van der Waals surface area contributed by atoms with Crippen LogP contribution in [0.4, 0.5) is 11.5 Å². The molecule has 4 nitrogen and oxygen atoms in total. The van der Waals surface area contributed by atoms with Crippen LogP contribution in [0.2, 0.25) is 6.82 Å². The Hall–Kier alpha value is -2.04. The number of hydrogen-bond donors (Lipinski definition) is 0. The van der Waals surface area contributed by atoms with Crippen LogP contribution in [0, 0.1) is 13.8 Å². The lowest BCUT2D eigenvalue weighted by Crippen LogP contribution is -2.46. The summed E-state index contributed by atoms with van der Waals surface area (Å²) in [5.41, 5.74) is 6.41. The molecular formula is C17H25BN4+2. The monoisotopic (exact) mass is 296 g/mol. The fraction of sp³-hybridized carbons (Fsp3) is 0.412. The molecule has 0 fully saturated rings. The van der Waals surface area contributed by atoms with E-state index in [0.717, 1.165) is 0 Å². The second-order valence-electron chi connectivity index (χ2n) is 6.48. The van der Waals surface area contributed by atoms with Crippen molar-refractivity contribution in [2.75, 3.05) is 23.7 Å². The molecule has 0 spiro atoms. The van der Waals surface area contributed by atoms with E-state index in [2.05, 4.69) is 92.0 Å². The number of fused-ring (bicyclic) bond motifs is 1. The van der Waals surface area contributed by atoms with E-state index >= 15 is 0 Å². The third-order valence-corrected chi connectivity index (χ3v) is 5.15. The van der Waals surface area contributed by atoms with E-state index in [9.17, 15) is 0 Å². The fourth-order valence-corrected chi connectivity index (χ4v) is 3.36. The van der Waals surface area contributed by atoms with Crippen LogP contribution in [0.5, 0.6) is 0 Å². The Balaban J connectivity index is 2.22. The highest BCUT2D eigenvalue weighted by molar-refractivity contribution is 6.68. The molecule has 2 aromatic rings. The van der Waals surface area contributed by atoms with Crippen molar-refractivity contribution in [3.05, 3.63) is 35.5 Å². The molecule has 0 saturated heterocycles. The second kappa shape index (κ2) is 5.01. The van der Waals surface area contributed by atoms with Gasteiger partial charge in [-0.1, -0.05) is 0 Å². The molecule has 1 aliphatic rings. The molecule has 3 rings (SSSR count). The average Bonchev–Trinajstić information content (AvgIpc) is 2.69. The number of anilines is 2. The Labute approximate surface area is 133 Å². The normalized spacial score (nSPS) is 13.9. The molecule has 0 saturated carbocycles. The minimum atomic E-state index is 0.380. The second-order valence-corrected chi connectivity index (χ2v) is 6.48. The number of rotatable bonds is 1.